The number of hydrogen-bond acceptors (Lipinski definition) is 6. The Morgan fingerprint density at radius 2 is 1.60 bits per heavy atom. The van der Waals surface area contributed by atoms with Gasteiger partial charge in [-0.25, -0.2) is 0 Å². The standard InChI is InChI=1S/C23H31N3O4/c1-6-25-9-11-26(12-10-25)19-8-7-18(13-16(19)2)24-23(27)17-14-20(28-3)22(30-5)21(15-17)29-4/h7-8,13-15H,6,9-12H2,1-5H3,(H,24,27). The summed E-state index contributed by atoms with van der Waals surface area (Å²) in [5.41, 5.74) is 3.54. The molecule has 2 aromatic carbocycles. The van der Waals surface area contributed by atoms with E-state index in [-0.39, 0.29) is 5.91 Å². The van der Waals surface area contributed by atoms with Crippen LogP contribution in [-0.2, 0) is 0 Å². The number of rotatable bonds is 7. The second-order valence-corrected chi connectivity index (χ2v) is 7.29. The Hall–Kier alpha value is -2.93. The monoisotopic (exact) mass is 413 g/mol. The summed E-state index contributed by atoms with van der Waals surface area (Å²) in [6.45, 7) is 9.57. The topological polar surface area (TPSA) is 63.3 Å². The quantitative estimate of drug-likeness (QED) is 0.751. The van der Waals surface area contributed by atoms with E-state index >= 15 is 0 Å². The van der Waals surface area contributed by atoms with Crippen LogP contribution >= 0.6 is 0 Å². The highest BCUT2D eigenvalue weighted by atomic mass is 16.5. The molecule has 0 atom stereocenters. The highest BCUT2D eigenvalue weighted by Gasteiger charge is 2.19. The lowest BCUT2D eigenvalue weighted by atomic mass is 10.1. The van der Waals surface area contributed by atoms with E-state index < -0.39 is 0 Å². The average molecular weight is 414 g/mol. The SMILES string of the molecule is CCN1CCN(c2ccc(NC(=O)c3cc(OC)c(OC)c(OC)c3)cc2C)CC1. The van der Waals surface area contributed by atoms with E-state index in [2.05, 4.69) is 35.0 Å². The molecule has 7 nitrogen and oxygen atoms in total. The molecule has 7 heteroatoms. The number of carbonyl (C=O) groups excluding carboxylic acids is 1. The van der Waals surface area contributed by atoms with E-state index in [9.17, 15) is 4.79 Å². The van der Waals surface area contributed by atoms with Gasteiger partial charge in [0.1, 0.15) is 0 Å². The summed E-state index contributed by atoms with van der Waals surface area (Å²) in [6.07, 6.45) is 0. The van der Waals surface area contributed by atoms with Crippen LogP contribution in [0.2, 0.25) is 0 Å². The number of nitrogens with one attached hydrogen (secondary N) is 1. The van der Waals surface area contributed by atoms with E-state index in [0.29, 0.717) is 22.8 Å². The molecule has 30 heavy (non-hydrogen) atoms. The van der Waals surface area contributed by atoms with E-state index in [0.717, 1.165) is 44.0 Å². The van der Waals surface area contributed by atoms with Gasteiger partial charge in [0.2, 0.25) is 5.75 Å². The fraction of sp³-hybridized carbons (Fsp3) is 0.435. The average Bonchev–Trinajstić information content (AvgIpc) is 2.78. The summed E-state index contributed by atoms with van der Waals surface area (Å²) in [5.74, 6) is 1.11. The number of aryl methyl sites for hydroxylation is 1. The number of likely N-dealkylation sites (N-methyl/N-ethyl adjacent to an activating group) is 1. The van der Waals surface area contributed by atoms with Crippen molar-refractivity contribution in [2.45, 2.75) is 13.8 Å². The zero-order chi connectivity index (χ0) is 21.7. The summed E-state index contributed by atoms with van der Waals surface area (Å²) >= 11 is 0. The van der Waals surface area contributed by atoms with Crippen LogP contribution in [0.4, 0.5) is 11.4 Å². The first kappa shape index (κ1) is 21.8. The lowest BCUT2D eigenvalue weighted by molar-refractivity contribution is 0.102. The van der Waals surface area contributed by atoms with E-state index in [1.807, 2.05) is 12.1 Å². The third-order valence-electron chi connectivity index (χ3n) is 5.54. The Balaban J connectivity index is 1.75. The molecule has 0 unspecified atom stereocenters. The largest absolute Gasteiger partial charge is 0.493 e. The molecule has 0 radical (unpaired) electrons. The number of hydrogen-bond donors (Lipinski definition) is 1. The molecular formula is C23H31N3O4. The van der Waals surface area contributed by atoms with Crippen molar-refractivity contribution in [3.63, 3.8) is 0 Å². The number of ether oxygens (including phenoxy) is 3. The van der Waals surface area contributed by atoms with Gasteiger partial charge in [-0.2, -0.15) is 0 Å². The van der Waals surface area contributed by atoms with Crippen molar-refractivity contribution in [2.24, 2.45) is 0 Å². The maximum atomic E-state index is 12.8. The van der Waals surface area contributed by atoms with Crippen LogP contribution in [0.3, 0.4) is 0 Å². The second-order valence-electron chi connectivity index (χ2n) is 7.29. The third-order valence-corrected chi connectivity index (χ3v) is 5.54. The maximum absolute atomic E-state index is 12.8. The lowest BCUT2D eigenvalue weighted by Crippen LogP contribution is -2.46. The minimum absolute atomic E-state index is 0.238. The molecule has 0 aromatic heterocycles. The normalized spacial score (nSPS) is 14.4. The van der Waals surface area contributed by atoms with Crippen molar-refractivity contribution >= 4 is 17.3 Å². The first-order valence-electron chi connectivity index (χ1n) is 10.2. The Labute approximate surface area is 178 Å². The number of anilines is 2. The number of amides is 1. The summed E-state index contributed by atoms with van der Waals surface area (Å²) < 4.78 is 16.0. The molecule has 1 N–H and O–H groups in total. The predicted molar refractivity (Wildman–Crippen MR) is 120 cm³/mol. The van der Waals surface area contributed by atoms with Crippen LogP contribution in [0, 0.1) is 6.92 Å². The molecule has 162 valence electrons. The Kier molecular flexibility index (Phi) is 7.05. The summed E-state index contributed by atoms with van der Waals surface area (Å²) in [4.78, 5) is 17.7. The van der Waals surface area contributed by atoms with Crippen LogP contribution < -0.4 is 24.4 Å². The molecule has 1 fully saturated rings. The van der Waals surface area contributed by atoms with Gasteiger partial charge in [0, 0.05) is 43.1 Å². The zero-order valence-electron chi connectivity index (χ0n) is 18.4. The first-order valence-corrected chi connectivity index (χ1v) is 10.2. The zero-order valence-corrected chi connectivity index (χ0v) is 18.4. The molecule has 2 aromatic rings. The Bertz CT molecular complexity index is 867. The number of methoxy groups -OCH3 is 3. The number of nitrogens with zero attached hydrogens (tertiary/aromatic N) is 2. The molecular weight excluding hydrogens is 382 g/mol. The fourth-order valence-electron chi connectivity index (χ4n) is 3.81. The summed E-state index contributed by atoms with van der Waals surface area (Å²) in [5, 5.41) is 2.97. The predicted octanol–water partition coefficient (Wildman–Crippen LogP) is 3.42. The first-order chi connectivity index (χ1) is 14.5. The van der Waals surface area contributed by atoms with Crippen LogP contribution in [0.25, 0.3) is 0 Å². The third kappa shape index (κ3) is 4.62. The molecule has 0 spiro atoms. The molecule has 0 aliphatic carbocycles. The van der Waals surface area contributed by atoms with Crippen LogP contribution in [0.15, 0.2) is 30.3 Å². The summed E-state index contributed by atoms with van der Waals surface area (Å²) in [6, 6.07) is 9.33. The van der Waals surface area contributed by atoms with E-state index in [1.54, 1.807) is 12.1 Å². The molecule has 1 amide bonds. The minimum Gasteiger partial charge on any atom is -0.493 e. The molecule has 0 bridgehead atoms. The van der Waals surface area contributed by atoms with Gasteiger partial charge in [-0.05, 0) is 49.4 Å². The van der Waals surface area contributed by atoms with Crippen LogP contribution in [-0.4, -0.2) is 64.9 Å². The van der Waals surface area contributed by atoms with Gasteiger partial charge in [-0.1, -0.05) is 6.92 Å². The fourth-order valence-corrected chi connectivity index (χ4v) is 3.81. The van der Waals surface area contributed by atoms with Crippen molar-refractivity contribution in [1.82, 2.24) is 4.90 Å². The maximum Gasteiger partial charge on any atom is 0.255 e. The van der Waals surface area contributed by atoms with Crippen molar-refractivity contribution in [2.75, 3.05) is 64.3 Å². The van der Waals surface area contributed by atoms with Crippen molar-refractivity contribution in [3.8, 4) is 17.2 Å². The molecule has 1 aliphatic heterocycles. The van der Waals surface area contributed by atoms with Crippen LogP contribution in [0.5, 0.6) is 17.2 Å². The number of piperazine rings is 1. The van der Waals surface area contributed by atoms with Crippen LogP contribution in [0.1, 0.15) is 22.8 Å². The summed E-state index contributed by atoms with van der Waals surface area (Å²) in [7, 11) is 4.59. The smallest absolute Gasteiger partial charge is 0.255 e. The Morgan fingerprint density at radius 1 is 0.967 bits per heavy atom. The molecule has 1 heterocycles. The van der Waals surface area contributed by atoms with Gasteiger partial charge < -0.3 is 29.3 Å². The van der Waals surface area contributed by atoms with Crippen molar-refractivity contribution in [3.05, 3.63) is 41.5 Å². The van der Waals surface area contributed by atoms with Gasteiger partial charge in [0.15, 0.2) is 11.5 Å². The molecule has 0 saturated carbocycles. The van der Waals surface area contributed by atoms with Gasteiger partial charge in [-0.3, -0.25) is 4.79 Å². The lowest BCUT2D eigenvalue weighted by Gasteiger charge is -2.36. The highest BCUT2D eigenvalue weighted by molar-refractivity contribution is 6.05. The van der Waals surface area contributed by atoms with Crippen molar-refractivity contribution in [1.29, 1.82) is 0 Å². The van der Waals surface area contributed by atoms with Crippen molar-refractivity contribution < 1.29 is 19.0 Å². The van der Waals surface area contributed by atoms with E-state index in [1.165, 1.54) is 27.0 Å². The van der Waals surface area contributed by atoms with Gasteiger partial charge in [0.05, 0.1) is 21.3 Å². The van der Waals surface area contributed by atoms with Gasteiger partial charge in [-0.15, -0.1) is 0 Å². The number of carbonyl (C=O) groups is 1. The molecule has 1 saturated heterocycles. The highest BCUT2D eigenvalue weighted by Crippen LogP contribution is 2.38. The molecule has 3 rings (SSSR count). The number of benzene rings is 2. The van der Waals surface area contributed by atoms with E-state index in [4.69, 9.17) is 14.2 Å². The van der Waals surface area contributed by atoms with Gasteiger partial charge >= 0.3 is 0 Å². The van der Waals surface area contributed by atoms with Gasteiger partial charge in [0.25, 0.3) is 5.91 Å². The minimum atomic E-state index is -0.238. The molecule has 1 aliphatic rings. The second kappa shape index (κ2) is 9.71. The Morgan fingerprint density at radius 3 is 2.10 bits per heavy atom.